The van der Waals surface area contributed by atoms with E-state index in [-0.39, 0.29) is 17.8 Å². The Morgan fingerprint density at radius 2 is 1.90 bits per heavy atom. The molecule has 0 bridgehead atoms. The van der Waals surface area contributed by atoms with Crippen LogP contribution >= 0.6 is 0 Å². The number of hydrogen-bond acceptors (Lipinski definition) is 3. The number of rotatable bonds is 5. The summed E-state index contributed by atoms with van der Waals surface area (Å²) in [5.41, 5.74) is 4.54. The van der Waals surface area contributed by atoms with E-state index < -0.39 is 6.04 Å². The number of benzene rings is 1. The molecule has 3 aliphatic heterocycles. The molecule has 1 aromatic carbocycles. The second-order valence-electron chi connectivity index (χ2n) is 8.41. The number of urea groups is 1. The summed E-state index contributed by atoms with van der Waals surface area (Å²) in [6.45, 7) is 8.84. The molecule has 1 aromatic rings. The van der Waals surface area contributed by atoms with Crippen LogP contribution in [0.4, 0.5) is 4.79 Å². The molecule has 160 valence electrons. The normalized spacial score (nSPS) is 21.4. The minimum atomic E-state index is -0.456. The van der Waals surface area contributed by atoms with E-state index in [4.69, 9.17) is 0 Å². The van der Waals surface area contributed by atoms with Gasteiger partial charge in [-0.15, -0.1) is 0 Å². The van der Waals surface area contributed by atoms with Gasteiger partial charge in [0.1, 0.15) is 0 Å². The lowest BCUT2D eigenvalue weighted by Crippen LogP contribution is -2.47. The Labute approximate surface area is 177 Å². The Morgan fingerprint density at radius 3 is 2.57 bits per heavy atom. The molecule has 1 atom stereocenters. The summed E-state index contributed by atoms with van der Waals surface area (Å²) < 4.78 is 0. The third-order valence-electron chi connectivity index (χ3n) is 6.40. The summed E-state index contributed by atoms with van der Waals surface area (Å²) in [4.78, 5) is 43.9. The van der Waals surface area contributed by atoms with E-state index in [9.17, 15) is 14.4 Å². The fraction of sp³-hybridized carbons (Fsp3) is 0.522. The van der Waals surface area contributed by atoms with E-state index in [0.717, 1.165) is 48.3 Å². The number of amides is 4. The molecule has 7 nitrogen and oxygen atoms in total. The second-order valence-corrected chi connectivity index (χ2v) is 8.41. The van der Waals surface area contributed by atoms with Crippen LogP contribution in [-0.2, 0) is 9.59 Å². The van der Waals surface area contributed by atoms with E-state index >= 15 is 0 Å². The molecule has 7 heteroatoms. The first-order valence-electron chi connectivity index (χ1n) is 10.9. The number of likely N-dealkylation sites (tertiary alicyclic amines) is 1. The van der Waals surface area contributed by atoms with Crippen LogP contribution in [0, 0.1) is 13.8 Å². The van der Waals surface area contributed by atoms with Gasteiger partial charge in [0, 0.05) is 32.6 Å². The number of nitrogens with one attached hydrogen (secondary N) is 1. The molecule has 1 fully saturated rings. The van der Waals surface area contributed by atoms with Crippen LogP contribution in [0.25, 0.3) is 0 Å². The Kier molecular flexibility index (Phi) is 5.54. The van der Waals surface area contributed by atoms with Gasteiger partial charge in [0.2, 0.25) is 5.91 Å². The Morgan fingerprint density at radius 1 is 1.17 bits per heavy atom. The smallest absolute Gasteiger partial charge is 0.322 e. The molecule has 4 rings (SSSR count). The minimum absolute atomic E-state index is 0.0809. The van der Waals surface area contributed by atoms with Crippen molar-refractivity contribution < 1.29 is 14.4 Å². The largest absolute Gasteiger partial charge is 0.343 e. The van der Waals surface area contributed by atoms with Gasteiger partial charge in [0.15, 0.2) is 0 Å². The van der Waals surface area contributed by atoms with Gasteiger partial charge in [0.25, 0.3) is 5.91 Å². The summed E-state index contributed by atoms with van der Waals surface area (Å²) >= 11 is 0. The van der Waals surface area contributed by atoms with Gasteiger partial charge in [-0.2, -0.15) is 0 Å². The number of nitrogens with zero attached hydrogens (tertiary/aromatic N) is 3. The Hall–Kier alpha value is -2.83. The van der Waals surface area contributed by atoms with Crippen LogP contribution in [0.5, 0.6) is 0 Å². The van der Waals surface area contributed by atoms with Crippen molar-refractivity contribution in [1.82, 2.24) is 20.0 Å². The molecule has 0 spiro atoms. The van der Waals surface area contributed by atoms with Crippen molar-refractivity contribution in [2.75, 3.05) is 32.7 Å². The highest BCUT2D eigenvalue weighted by Crippen LogP contribution is 2.37. The average Bonchev–Trinajstić information content (AvgIpc) is 3.35. The topological polar surface area (TPSA) is 73.0 Å². The summed E-state index contributed by atoms with van der Waals surface area (Å²) in [6.07, 6.45) is 2.44. The molecule has 0 unspecified atom stereocenters. The molecule has 1 N–H and O–H groups in total. The second kappa shape index (κ2) is 8.13. The van der Waals surface area contributed by atoms with Crippen LogP contribution in [0.15, 0.2) is 29.5 Å². The zero-order valence-electron chi connectivity index (χ0n) is 18.0. The van der Waals surface area contributed by atoms with E-state index in [0.29, 0.717) is 31.6 Å². The monoisotopic (exact) mass is 410 g/mol. The van der Waals surface area contributed by atoms with Gasteiger partial charge in [-0.05, 0) is 44.7 Å². The van der Waals surface area contributed by atoms with Crippen molar-refractivity contribution in [3.8, 4) is 0 Å². The zero-order chi connectivity index (χ0) is 21.4. The maximum atomic E-state index is 13.4. The van der Waals surface area contributed by atoms with Crippen molar-refractivity contribution in [1.29, 1.82) is 0 Å². The summed E-state index contributed by atoms with van der Waals surface area (Å²) in [7, 11) is 0. The Balaban J connectivity index is 1.58. The quantitative estimate of drug-likeness (QED) is 0.811. The summed E-state index contributed by atoms with van der Waals surface area (Å²) in [5.74, 6) is 0.0281. The highest BCUT2D eigenvalue weighted by atomic mass is 16.2. The lowest BCUT2D eigenvalue weighted by molar-refractivity contribution is -0.131. The van der Waals surface area contributed by atoms with Gasteiger partial charge < -0.3 is 15.1 Å². The van der Waals surface area contributed by atoms with E-state index in [1.165, 1.54) is 0 Å². The molecular formula is C23H30N4O3. The predicted molar refractivity (Wildman–Crippen MR) is 114 cm³/mol. The van der Waals surface area contributed by atoms with Gasteiger partial charge in [-0.25, -0.2) is 4.79 Å². The standard InChI is InChI=1S/C23H30N4O3/c1-4-27-18-14-26(12-9-19(28)25-10-5-6-11-25)22(29)20(18)21(24-23(27)30)17-8-7-15(2)13-16(17)3/h7-8,13,21H,4-6,9-12,14H2,1-3H3,(H,24,30)/t21-/m1/s1. The Bertz CT molecular complexity index is 917. The van der Waals surface area contributed by atoms with E-state index in [2.05, 4.69) is 11.4 Å². The SMILES string of the molecule is CCN1C(=O)N[C@H](c2ccc(C)cc2C)C2=C1CN(CCC(=O)N1CCCC1)C2=O. The van der Waals surface area contributed by atoms with Crippen LogP contribution in [-0.4, -0.2) is 65.3 Å². The van der Waals surface area contributed by atoms with Gasteiger partial charge in [-0.3, -0.25) is 14.5 Å². The first kappa shape index (κ1) is 20.4. The molecule has 0 aliphatic carbocycles. The molecule has 0 saturated carbocycles. The number of carbonyl (C=O) groups excluding carboxylic acids is 3. The first-order valence-corrected chi connectivity index (χ1v) is 10.9. The third-order valence-corrected chi connectivity index (χ3v) is 6.40. The summed E-state index contributed by atoms with van der Waals surface area (Å²) in [6, 6.07) is 5.44. The van der Waals surface area contributed by atoms with Crippen molar-refractivity contribution >= 4 is 17.8 Å². The molecule has 0 radical (unpaired) electrons. The maximum absolute atomic E-state index is 13.4. The number of carbonyl (C=O) groups is 3. The molecular weight excluding hydrogens is 380 g/mol. The minimum Gasteiger partial charge on any atom is -0.343 e. The summed E-state index contributed by atoms with van der Waals surface area (Å²) in [5, 5.41) is 3.03. The molecule has 1 saturated heterocycles. The number of hydrogen-bond donors (Lipinski definition) is 1. The highest BCUT2D eigenvalue weighted by Gasteiger charge is 2.43. The molecule has 3 aliphatic rings. The van der Waals surface area contributed by atoms with E-state index in [1.54, 1.807) is 9.80 Å². The molecule has 3 heterocycles. The fourth-order valence-corrected chi connectivity index (χ4v) is 4.80. The van der Waals surface area contributed by atoms with Crippen LogP contribution in [0.1, 0.15) is 48.9 Å². The molecule has 0 aromatic heterocycles. The van der Waals surface area contributed by atoms with Gasteiger partial charge in [0.05, 0.1) is 23.9 Å². The lowest BCUT2D eigenvalue weighted by Gasteiger charge is -2.33. The fourth-order valence-electron chi connectivity index (χ4n) is 4.80. The van der Waals surface area contributed by atoms with Crippen molar-refractivity contribution in [2.24, 2.45) is 0 Å². The number of aryl methyl sites for hydroxylation is 2. The van der Waals surface area contributed by atoms with Gasteiger partial charge in [-0.1, -0.05) is 23.8 Å². The van der Waals surface area contributed by atoms with Crippen molar-refractivity contribution in [2.45, 2.75) is 46.1 Å². The molecule has 30 heavy (non-hydrogen) atoms. The molecule has 4 amide bonds. The van der Waals surface area contributed by atoms with Crippen LogP contribution in [0.3, 0.4) is 0 Å². The number of likely N-dealkylation sites (N-methyl/N-ethyl adjacent to an activating group) is 1. The third kappa shape index (κ3) is 3.57. The first-order chi connectivity index (χ1) is 14.4. The van der Waals surface area contributed by atoms with Crippen molar-refractivity contribution in [3.63, 3.8) is 0 Å². The predicted octanol–water partition coefficient (Wildman–Crippen LogP) is 2.50. The zero-order valence-corrected chi connectivity index (χ0v) is 18.0. The van der Waals surface area contributed by atoms with Crippen LogP contribution in [0.2, 0.25) is 0 Å². The highest BCUT2D eigenvalue weighted by molar-refractivity contribution is 6.01. The van der Waals surface area contributed by atoms with Crippen molar-refractivity contribution in [3.05, 3.63) is 46.2 Å². The maximum Gasteiger partial charge on any atom is 0.322 e. The average molecular weight is 411 g/mol. The van der Waals surface area contributed by atoms with E-state index in [1.807, 2.05) is 37.8 Å². The van der Waals surface area contributed by atoms with Gasteiger partial charge >= 0.3 is 6.03 Å². The van der Waals surface area contributed by atoms with Crippen LogP contribution < -0.4 is 5.32 Å². The lowest BCUT2D eigenvalue weighted by atomic mass is 9.91.